The highest BCUT2D eigenvalue weighted by molar-refractivity contribution is 7.89. The number of nitrogens with zero attached hydrogens (tertiary/aromatic N) is 2. The second-order valence-corrected chi connectivity index (χ2v) is 5.40. The van der Waals surface area contributed by atoms with Crippen molar-refractivity contribution < 1.29 is 18.3 Å². The molecule has 0 amide bonds. The minimum atomic E-state index is -3.95. The van der Waals surface area contributed by atoms with Crippen molar-refractivity contribution in [3.8, 4) is 0 Å². The first-order valence-corrected chi connectivity index (χ1v) is 6.69. The molecule has 1 atom stereocenters. The van der Waals surface area contributed by atoms with Crippen LogP contribution in [-0.4, -0.2) is 45.7 Å². The molecule has 19 heavy (non-hydrogen) atoms. The molecule has 2 aromatic rings. The number of H-pyrrole nitrogens is 2. The average Bonchev–Trinajstić information content (AvgIpc) is 3.00. The van der Waals surface area contributed by atoms with E-state index in [9.17, 15) is 13.2 Å². The fourth-order valence-corrected chi connectivity index (χ4v) is 2.54. The lowest BCUT2D eigenvalue weighted by molar-refractivity contribution is -0.138. The monoisotopic (exact) mass is 285 g/mol. The number of sulfonamides is 1. The normalized spacial score (nSPS) is 13.3. The van der Waals surface area contributed by atoms with E-state index < -0.39 is 22.0 Å². The van der Waals surface area contributed by atoms with Crippen molar-refractivity contribution in [3.05, 3.63) is 30.5 Å². The van der Waals surface area contributed by atoms with E-state index >= 15 is 0 Å². The van der Waals surface area contributed by atoms with Crippen molar-refractivity contribution in [1.82, 2.24) is 24.9 Å². The molecule has 4 N–H and O–H groups in total. The van der Waals surface area contributed by atoms with Gasteiger partial charge < -0.3 is 10.1 Å². The summed E-state index contributed by atoms with van der Waals surface area (Å²) in [7, 11) is -3.95. The fourth-order valence-electron chi connectivity index (χ4n) is 1.44. The summed E-state index contributed by atoms with van der Waals surface area (Å²) < 4.78 is 25.8. The molecule has 0 fully saturated rings. The van der Waals surface area contributed by atoms with Crippen molar-refractivity contribution in [2.45, 2.75) is 17.5 Å². The zero-order valence-electron chi connectivity index (χ0n) is 9.57. The molecule has 0 aliphatic heterocycles. The first kappa shape index (κ1) is 13.2. The maximum absolute atomic E-state index is 11.9. The summed E-state index contributed by atoms with van der Waals surface area (Å²) in [5.41, 5.74) is 0.514. The van der Waals surface area contributed by atoms with Gasteiger partial charge in [-0.25, -0.2) is 13.4 Å². The van der Waals surface area contributed by atoms with Gasteiger partial charge >= 0.3 is 5.97 Å². The second-order valence-electron chi connectivity index (χ2n) is 3.71. The van der Waals surface area contributed by atoms with Gasteiger partial charge in [0.25, 0.3) is 10.0 Å². The Balaban J connectivity index is 2.15. The van der Waals surface area contributed by atoms with Gasteiger partial charge in [0.05, 0.1) is 12.5 Å². The number of imidazole rings is 1. The number of rotatable bonds is 6. The lowest BCUT2D eigenvalue weighted by Crippen LogP contribution is -2.42. The van der Waals surface area contributed by atoms with E-state index in [0.717, 1.165) is 0 Å². The maximum atomic E-state index is 11.9. The molecule has 0 aliphatic carbocycles. The number of carboxylic acid groups (broad SMARTS) is 1. The Kier molecular flexibility index (Phi) is 3.62. The molecule has 0 saturated heterocycles. The summed E-state index contributed by atoms with van der Waals surface area (Å²) >= 11 is 0. The summed E-state index contributed by atoms with van der Waals surface area (Å²) in [5.74, 6) is -1.28. The van der Waals surface area contributed by atoms with Gasteiger partial charge in [-0.15, -0.1) is 0 Å². The van der Waals surface area contributed by atoms with Gasteiger partial charge in [0.2, 0.25) is 0 Å². The molecule has 0 bridgehead atoms. The van der Waals surface area contributed by atoms with E-state index in [1.54, 1.807) is 0 Å². The van der Waals surface area contributed by atoms with Gasteiger partial charge in [0.1, 0.15) is 6.04 Å². The Bertz CT molecular complexity index is 634. The number of aliphatic carboxylic acids is 1. The fraction of sp³-hybridized carbons (Fsp3) is 0.222. The zero-order valence-corrected chi connectivity index (χ0v) is 10.4. The Morgan fingerprint density at radius 2 is 2.32 bits per heavy atom. The second kappa shape index (κ2) is 5.20. The predicted octanol–water partition coefficient (Wildman–Crippen LogP) is -0.893. The standard InChI is InChI=1S/C9H11N5O4S/c15-9(16)7(3-6-4-10-5-11-6)14-19(17,18)8-1-2-12-13-8/h1-2,4-5,7,14H,3H2,(H,10,11)(H,12,13)(H,15,16)/t7-/m0/s1. The van der Waals surface area contributed by atoms with Crippen LogP contribution in [0.15, 0.2) is 29.8 Å². The predicted molar refractivity (Wildman–Crippen MR) is 62.6 cm³/mol. The molecular formula is C9H11N5O4S. The van der Waals surface area contributed by atoms with Crippen LogP contribution in [0.4, 0.5) is 0 Å². The highest BCUT2D eigenvalue weighted by atomic mass is 32.2. The summed E-state index contributed by atoms with van der Waals surface area (Å²) in [4.78, 5) is 17.5. The molecule has 0 aromatic carbocycles. The number of hydrogen-bond donors (Lipinski definition) is 4. The first-order valence-electron chi connectivity index (χ1n) is 5.21. The van der Waals surface area contributed by atoms with Crippen LogP contribution < -0.4 is 4.72 Å². The van der Waals surface area contributed by atoms with E-state index in [0.29, 0.717) is 5.69 Å². The van der Waals surface area contributed by atoms with Crippen molar-refractivity contribution in [2.75, 3.05) is 0 Å². The van der Waals surface area contributed by atoms with Gasteiger partial charge in [-0.1, -0.05) is 0 Å². The third kappa shape index (κ3) is 3.17. The molecule has 0 radical (unpaired) electrons. The lowest BCUT2D eigenvalue weighted by Gasteiger charge is -2.12. The molecule has 2 rings (SSSR count). The molecule has 9 nitrogen and oxygen atoms in total. The lowest BCUT2D eigenvalue weighted by atomic mass is 10.2. The van der Waals surface area contributed by atoms with Gasteiger partial charge in [-0.05, 0) is 6.07 Å². The smallest absolute Gasteiger partial charge is 0.322 e. The van der Waals surface area contributed by atoms with E-state index in [1.165, 1.54) is 24.8 Å². The van der Waals surface area contributed by atoms with Gasteiger partial charge in [0.15, 0.2) is 5.03 Å². The van der Waals surface area contributed by atoms with Crippen LogP contribution in [0.3, 0.4) is 0 Å². The molecule has 10 heteroatoms. The van der Waals surface area contributed by atoms with Gasteiger partial charge in [-0.2, -0.15) is 9.82 Å². The summed E-state index contributed by atoms with van der Waals surface area (Å²) in [6.07, 6.45) is 4.04. The average molecular weight is 285 g/mol. The van der Waals surface area contributed by atoms with Crippen LogP contribution in [0, 0.1) is 0 Å². The van der Waals surface area contributed by atoms with E-state index in [-0.39, 0.29) is 11.4 Å². The maximum Gasteiger partial charge on any atom is 0.322 e. The van der Waals surface area contributed by atoms with Crippen LogP contribution in [0.25, 0.3) is 0 Å². The number of hydrogen-bond acceptors (Lipinski definition) is 5. The van der Waals surface area contributed by atoms with E-state index in [1.807, 2.05) is 0 Å². The van der Waals surface area contributed by atoms with Crippen molar-refractivity contribution >= 4 is 16.0 Å². The number of aromatic amines is 2. The quantitative estimate of drug-likeness (QED) is 0.542. The Labute approximate surface area is 108 Å². The van der Waals surface area contributed by atoms with E-state index in [4.69, 9.17) is 5.11 Å². The van der Waals surface area contributed by atoms with Crippen molar-refractivity contribution in [3.63, 3.8) is 0 Å². The minimum Gasteiger partial charge on any atom is -0.480 e. The van der Waals surface area contributed by atoms with Crippen LogP contribution >= 0.6 is 0 Å². The summed E-state index contributed by atoms with van der Waals surface area (Å²) in [6, 6.07) is -0.0639. The minimum absolute atomic E-state index is 0.0390. The number of aromatic nitrogens is 4. The highest BCUT2D eigenvalue weighted by Gasteiger charge is 2.26. The Hall–Kier alpha value is -2.20. The van der Waals surface area contributed by atoms with Crippen LogP contribution in [0.5, 0.6) is 0 Å². The summed E-state index contributed by atoms with van der Waals surface area (Å²) in [6.45, 7) is 0. The molecule has 102 valence electrons. The zero-order chi connectivity index (χ0) is 13.9. The van der Waals surface area contributed by atoms with E-state index in [2.05, 4.69) is 24.9 Å². The summed E-state index contributed by atoms with van der Waals surface area (Å²) in [5, 5.41) is 14.6. The van der Waals surface area contributed by atoms with Crippen molar-refractivity contribution in [1.29, 1.82) is 0 Å². The molecule has 0 spiro atoms. The number of carbonyl (C=O) groups is 1. The van der Waals surface area contributed by atoms with Crippen LogP contribution in [0.2, 0.25) is 0 Å². The molecule has 0 unspecified atom stereocenters. The Morgan fingerprint density at radius 3 is 2.84 bits per heavy atom. The Morgan fingerprint density at radius 1 is 1.53 bits per heavy atom. The molecule has 2 heterocycles. The molecule has 0 aliphatic rings. The number of carboxylic acids is 1. The largest absolute Gasteiger partial charge is 0.480 e. The molecule has 2 aromatic heterocycles. The van der Waals surface area contributed by atoms with Crippen LogP contribution in [-0.2, 0) is 21.2 Å². The molecular weight excluding hydrogens is 274 g/mol. The van der Waals surface area contributed by atoms with Gasteiger partial charge in [-0.3, -0.25) is 9.89 Å². The van der Waals surface area contributed by atoms with Crippen molar-refractivity contribution in [2.24, 2.45) is 0 Å². The molecule has 0 saturated carbocycles. The van der Waals surface area contributed by atoms with Crippen LogP contribution in [0.1, 0.15) is 5.69 Å². The third-order valence-electron chi connectivity index (χ3n) is 2.34. The SMILES string of the molecule is O=C(O)[C@H](Cc1cnc[nH]1)NS(=O)(=O)c1ccn[nH]1. The highest BCUT2D eigenvalue weighted by Crippen LogP contribution is 2.06. The number of nitrogens with one attached hydrogen (secondary N) is 3. The van der Waals surface area contributed by atoms with Gasteiger partial charge in [0, 0.05) is 18.3 Å². The third-order valence-corrected chi connectivity index (χ3v) is 3.74. The topological polar surface area (TPSA) is 141 Å². The first-order chi connectivity index (χ1) is 8.99.